The minimum absolute atomic E-state index is 0.0514. The van der Waals surface area contributed by atoms with Crippen LogP contribution < -0.4 is 19.7 Å². The number of hydrogen-bond acceptors (Lipinski definition) is 6. The molecule has 0 unspecified atom stereocenters. The van der Waals surface area contributed by atoms with Crippen molar-refractivity contribution in [2.45, 2.75) is 37.5 Å². The van der Waals surface area contributed by atoms with Crippen LogP contribution in [-0.4, -0.2) is 57.4 Å². The molecular weight excluding hydrogens is 530 g/mol. The van der Waals surface area contributed by atoms with Crippen molar-refractivity contribution in [2.75, 3.05) is 43.1 Å². The van der Waals surface area contributed by atoms with E-state index in [4.69, 9.17) is 9.47 Å². The van der Waals surface area contributed by atoms with Crippen molar-refractivity contribution < 1.29 is 27.5 Å². The van der Waals surface area contributed by atoms with Crippen molar-refractivity contribution in [2.24, 2.45) is 0 Å². The molecule has 0 saturated carbocycles. The van der Waals surface area contributed by atoms with Gasteiger partial charge in [0.05, 0.1) is 17.2 Å². The van der Waals surface area contributed by atoms with Gasteiger partial charge in [0.1, 0.15) is 11.5 Å². The van der Waals surface area contributed by atoms with Gasteiger partial charge in [-0.05, 0) is 80.8 Å². The van der Waals surface area contributed by atoms with E-state index in [9.17, 15) is 18.0 Å². The number of amides is 2. The Morgan fingerprint density at radius 1 is 0.975 bits per heavy atom. The van der Waals surface area contributed by atoms with Gasteiger partial charge in [-0.25, -0.2) is 8.42 Å². The van der Waals surface area contributed by atoms with Crippen molar-refractivity contribution >= 4 is 33.2 Å². The highest BCUT2D eigenvalue weighted by atomic mass is 32.2. The van der Waals surface area contributed by atoms with Crippen LogP contribution in [0.2, 0.25) is 0 Å². The van der Waals surface area contributed by atoms with Crippen molar-refractivity contribution in [3.05, 3.63) is 77.9 Å². The fourth-order valence-corrected chi connectivity index (χ4v) is 6.33. The molecule has 0 atom stereocenters. The van der Waals surface area contributed by atoms with Crippen LogP contribution in [0.25, 0.3) is 0 Å². The monoisotopic (exact) mass is 563 g/mol. The summed E-state index contributed by atoms with van der Waals surface area (Å²) in [5.74, 6) is 0.783. The van der Waals surface area contributed by atoms with Crippen molar-refractivity contribution in [3.8, 4) is 11.5 Å². The number of nitrogens with one attached hydrogen (secondary N) is 1. The van der Waals surface area contributed by atoms with E-state index in [1.807, 2.05) is 31.2 Å². The van der Waals surface area contributed by atoms with E-state index in [2.05, 4.69) is 5.32 Å². The maximum Gasteiger partial charge on any atom is 0.265 e. The Labute approximate surface area is 234 Å². The van der Waals surface area contributed by atoms with Crippen LogP contribution in [0.15, 0.2) is 71.6 Å². The molecule has 210 valence electrons. The van der Waals surface area contributed by atoms with Crippen LogP contribution in [0.1, 0.15) is 41.6 Å². The Morgan fingerprint density at radius 3 is 2.42 bits per heavy atom. The molecule has 3 aromatic carbocycles. The number of benzene rings is 3. The maximum atomic E-state index is 13.0. The van der Waals surface area contributed by atoms with Gasteiger partial charge in [0.15, 0.2) is 6.61 Å². The van der Waals surface area contributed by atoms with Gasteiger partial charge in [-0.3, -0.25) is 9.59 Å². The summed E-state index contributed by atoms with van der Waals surface area (Å²) in [5, 5.41) is 2.84. The number of carbonyl (C=O) groups excluding carboxylic acids is 2. The number of anilines is 2. The first-order valence-corrected chi connectivity index (χ1v) is 14.9. The largest absolute Gasteiger partial charge is 0.494 e. The lowest BCUT2D eigenvalue weighted by Gasteiger charge is -2.30. The third-order valence-corrected chi connectivity index (χ3v) is 8.96. The summed E-state index contributed by atoms with van der Waals surface area (Å²) < 4.78 is 38.7. The van der Waals surface area contributed by atoms with Gasteiger partial charge >= 0.3 is 0 Å². The summed E-state index contributed by atoms with van der Waals surface area (Å²) in [6.07, 6.45) is 3.36. The Balaban J connectivity index is 1.22. The predicted octanol–water partition coefficient (Wildman–Crippen LogP) is 4.62. The van der Waals surface area contributed by atoms with Crippen LogP contribution in [0.3, 0.4) is 0 Å². The number of piperidine rings is 1. The zero-order valence-corrected chi connectivity index (χ0v) is 23.3. The molecule has 9 nitrogen and oxygen atoms in total. The molecule has 2 aliphatic heterocycles. The molecule has 2 amide bonds. The van der Waals surface area contributed by atoms with E-state index in [1.54, 1.807) is 23.1 Å². The standard InChI is InChI=1S/C30H33N3O6S/c1-22-6-11-25(12-7-22)38-19-5-18-33-27-20-24(10-15-28(27)39-21-29(33)34)31-30(35)23-8-13-26(14-9-23)40(36,37)32-16-3-2-4-17-32/h6-15,20H,2-5,16-19,21H2,1H3,(H,31,35). The van der Waals surface area contributed by atoms with Crippen molar-refractivity contribution in [1.29, 1.82) is 0 Å². The molecule has 1 saturated heterocycles. The average molecular weight is 564 g/mol. The van der Waals surface area contributed by atoms with E-state index >= 15 is 0 Å². The van der Waals surface area contributed by atoms with E-state index in [1.165, 1.54) is 28.6 Å². The smallest absolute Gasteiger partial charge is 0.265 e. The molecule has 0 aromatic heterocycles. The molecule has 0 spiro atoms. The third-order valence-electron chi connectivity index (χ3n) is 7.04. The van der Waals surface area contributed by atoms with Crippen LogP contribution in [0.4, 0.5) is 11.4 Å². The molecule has 1 fully saturated rings. The molecular formula is C30H33N3O6S. The Hall–Kier alpha value is -3.89. The molecule has 0 radical (unpaired) electrons. The number of aryl methyl sites for hydroxylation is 1. The van der Waals surface area contributed by atoms with Gasteiger partial charge in [0.25, 0.3) is 11.8 Å². The average Bonchev–Trinajstić information content (AvgIpc) is 2.97. The first-order valence-electron chi connectivity index (χ1n) is 13.5. The van der Waals surface area contributed by atoms with E-state index < -0.39 is 10.0 Å². The van der Waals surface area contributed by atoms with Crippen LogP contribution in [0, 0.1) is 6.92 Å². The number of fused-ring (bicyclic) bond motifs is 1. The lowest BCUT2D eigenvalue weighted by atomic mass is 10.1. The number of carbonyl (C=O) groups is 2. The number of nitrogens with zero attached hydrogens (tertiary/aromatic N) is 2. The molecule has 10 heteroatoms. The van der Waals surface area contributed by atoms with Gasteiger partial charge < -0.3 is 19.7 Å². The summed E-state index contributed by atoms with van der Waals surface area (Å²) in [7, 11) is -3.57. The van der Waals surface area contributed by atoms with Crippen LogP contribution in [0.5, 0.6) is 11.5 Å². The van der Waals surface area contributed by atoms with E-state index in [-0.39, 0.29) is 23.3 Å². The van der Waals surface area contributed by atoms with Gasteiger partial charge in [-0.2, -0.15) is 4.31 Å². The lowest BCUT2D eigenvalue weighted by Crippen LogP contribution is -2.39. The van der Waals surface area contributed by atoms with Crippen molar-refractivity contribution in [3.63, 3.8) is 0 Å². The highest BCUT2D eigenvalue weighted by molar-refractivity contribution is 7.89. The van der Waals surface area contributed by atoms with Crippen LogP contribution in [-0.2, 0) is 14.8 Å². The van der Waals surface area contributed by atoms with E-state index in [0.717, 1.165) is 30.6 Å². The third kappa shape index (κ3) is 6.29. The molecule has 3 aromatic rings. The molecule has 0 bridgehead atoms. The van der Waals surface area contributed by atoms with Gasteiger partial charge in [0, 0.05) is 30.9 Å². The molecule has 2 heterocycles. The zero-order chi connectivity index (χ0) is 28.1. The molecule has 5 rings (SSSR count). The first kappa shape index (κ1) is 27.7. The second-order valence-corrected chi connectivity index (χ2v) is 11.9. The normalized spacial score (nSPS) is 15.7. The Bertz CT molecular complexity index is 1470. The SMILES string of the molecule is Cc1ccc(OCCCN2C(=O)COc3ccc(NC(=O)c4ccc(S(=O)(=O)N5CCCCC5)cc4)cc32)cc1. The second-order valence-electron chi connectivity index (χ2n) is 9.97. The Morgan fingerprint density at radius 2 is 1.70 bits per heavy atom. The van der Waals surface area contributed by atoms with Crippen molar-refractivity contribution in [1.82, 2.24) is 4.31 Å². The summed E-state index contributed by atoms with van der Waals surface area (Å²) >= 11 is 0. The quantitative estimate of drug-likeness (QED) is 0.381. The van der Waals surface area contributed by atoms with Gasteiger partial charge in [-0.1, -0.05) is 24.1 Å². The summed E-state index contributed by atoms with van der Waals surface area (Å²) in [6, 6.07) is 18.9. The highest BCUT2D eigenvalue weighted by Crippen LogP contribution is 2.35. The maximum absolute atomic E-state index is 13.0. The topological polar surface area (TPSA) is 105 Å². The summed E-state index contributed by atoms with van der Waals surface area (Å²) in [4.78, 5) is 27.4. The summed E-state index contributed by atoms with van der Waals surface area (Å²) in [6.45, 7) is 3.89. The fraction of sp³-hybridized carbons (Fsp3) is 0.333. The predicted molar refractivity (Wildman–Crippen MR) is 153 cm³/mol. The molecule has 40 heavy (non-hydrogen) atoms. The Kier molecular flexibility index (Phi) is 8.37. The lowest BCUT2D eigenvalue weighted by molar-refractivity contribution is -0.121. The highest BCUT2D eigenvalue weighted by Gasteiger charge is 2.27. The van der Waals surface area contributed by atoms with Gasteiger partial charge in [0.2, 0.25) is 10.0 Å². The molecule has 0 aliphatic carbocycles. The number of hydrogen-bond donors (Lipinski definition) is 1. The number of sulfonamides is 1. The van der Waals surface area contributed by atoms with E-state index in [0.29, 0.717) is 55.3 Å². The van der Waals surface area contributed by atoms with Gasteiger partial charge in [-0.15, -0.1) is 0 Å². The molecule has 1 N–H and O–H groups in total. The minimum atomic E-state index is -3.57. The zero-order valence-electron chi connectivity index (χ0n) is 22.5. The summed E-state index contributed by atoms with van der Waals surface area (Å²) in [5.41, 5.74) is 2.55. The first-order chi connectivity index (χ1) is 19.3. The minimum Gasteiger partial charge on any atom is -0.494 e. The van der Waals surface area contributed by atoms with Crippen LogP contribution >= 0.6 is 0 Å². The molecule has 2 aliphatic rings. The fourth-order valence-electron chi connectivity index (χ4n) is 4.81. The number of rotatable bonds is 9. The second kappa shape index (κ2) is 12.1. The number of ether oxygens (including phenoxy) is 2.